The number of Topliss-reactive ketones (excluding diaryl/α,β-unsaturated/α-hetero) is 2. The van der Waals surface area contributed by atoms with Crippen LogP contribution >= 0.6 is 11.6 Å². The van der Waals surface area contributed by atoms with Gasteiger partial charge in [0.15, 0.2) is 17.3 Å². The molecule has 0 saturated carbocycles. The molecule has 17 heavy (non-hydrogen) atoms. The third-order valence-electron chi connectivity index (χ3n) is 2.51. The van der Waals surface area contributed by atoms with Crippen LogP contribution in [0.1, 0.15) is 12.8 Å². The normalized spacial score (nSPS) is 19.7. The van der Waals surface area contributed by atoms with Gasteiger partial charge in [-0.1, -0.05) is 29.8 Å². The molecule has 0 bridgehead atoms. The monoisotopic (exact) mass is 248 g/mol. The van der Waals surface area contributed by atoms with E-state index in [0.717, 1.165) is 0 Å². The molecule has 0 fully saturated rings. The van der Waals surface area contributed by atoms with Crippen molar-refractivity contribution in [3.8, 4) is 0 Å². The van der Waals surface area contributed by atoms with Gasteiger partial charge in [0.25, 0.3) is 0 Å². The zero-order chi connectivity index (χ0) is 12.4. The van der Waals surface area contributed by atoms with Gasteiger partial charge in [-0.2, -0.15) is 0 Å². The van der Waals surface area contributed by atoms with E-state index in [9.17, 15) is 14.4 Å². The van der Waals surface area contributed by atoms with Crippen LogP contribution < -0.4 is 0 Å². The summed E-state index contributed by atoms with van der Waals surface area (Å²) in [6, 6.07) is 0. The largest absolute Gasteiger partial charge is 0.294 e. The molecule has 0 amide bonds. The maximum Gasteiger partial charge on any atom is 0.192 e. The Morgan fingerprint density at radius 2 is 1.88 bits per heavy atom. The zero-order valence-electron chi connectivity index (χ0n) is 8.90. The molecule has 4 heteroatoms. The van der Waals surface area contributed by atoms with Crippen LogP contribution in [0.3, 0.4) is 0 Å². The van der Waals surface area contributed by atoms with Crippen LogP contribution in [0.5, 0.6) is 0 Å². The van der Waals surface area contributed by atoms with Crippen LogP contribution in [0.2, 0.25) is 0 Å². The maximum atomic E-state index is 12.0. The average Bonchev–Trinajstić information content (AvgIpc) is 2.32. The summed E-state index contributed by atoms with van der Waals surface area (Å²) in [5.74, 6) is -0.578. The summed E-state index contributed by atoms with van der Waals surface area (Å²) in [7, 11) is 0. The quantitative estimate of drug-likeness (QED) is 0.751. The van der Waals surface area contributed by atoms with E-state index in [1.54, 1.807) is 12.2 Å². The van der Waals surface area contributed by atoms with E-state index in [4.69, 9.17) is 11.6 Å². The molecule has 2 aliphatic carbocycles. The van der Waals surface area contributed by atoms with Crippen molar-refractivity contribution >= 4 is 29.0 Å². The first-order valence-electron chi connectivity index (χ1n) is 5.14. The first kappa shape index (κ1) is 11.7. The van der Waals surface area contributed by atoms with Gasteiger partial charge in [0.2, 0.25) is 0 Å². The van der Waals surface area contributed by atoms with Crippen LogP contribution in [0.15, 0.2) is 46.6 Å². The number of carbonyl (C=O) groups excluding carboxylic acids is 3. The molecule has 0 heterocycles. The first-order valence-corrected chi connectivity index (χ1v) is 5.52. The van der Waals surface area contributed by atoms with E-state index in [2.05, 4.69) is 0 Å². The third-order valence-corrected chi connectivity index (χ3v) is 2.83. The molecular formula is C13H9ClO3. The highest BCUT2D eigenvalue weighted by Crippen LogP contribution is 2.21. The fraction of sp³-hybridized carbons (Fsp3) is 0.154. The second-order valence-corrected chi connectivity index (χ2v) is 4.19. The Bertz CT molecular complexity index is 533. The van der Waals surface area contributed by atoms with Crippen LogP contribution in [0.4, 0.5) is 0 Å². The van der Waals surface area contributed by atoms with Crippen molar-refractivity contribution in [1.82, 2.24) is 0 Å². The Morgan fingerprint density at radius 3 is 2.53 bits per heavy atom. The van der Waals surface area contributed by atoms with Crippen LogP contribution in [-0.4, -0.2) is 17.3 Å². The second-order valence-electron chi connectivity index (χ2n) is 3.78. The van der Waals surface area contributed by atoms with Gasteiger partial charge in [0.1, 0.15) is 0 Å². The fourth-order valence-electron chi connectivity index (χ4n) is 1.62. The average molecular weight is 249 g/mol. The Balaban J connectivity index is 2.25. The predicted molar refractivity (Wildman–Crippen MR) is 63.5 cm³/mol. The minimum Gasteiger partial charge on any atom is -0.294 e. The molecule has 0 atom stereocenters. The lowest BCUT2D eigenvalue weighted by molar-refractivity contribution is -0.116. The molecule has 0 aliphatic heterocycles. The molecule has 0 aromatic heterocycles. The minimum absolute atomic E-state index is 0.0579. The van der Waals surface area contributed by atoms with Gasteiger partial charge >= 0.3 is 0 Å². The number of ketones is 3. The summed E-state index contributed by atoms with van der Waals surface area (Å²) in [6.45, 7) is 0. The van der Waals surface area contributed by atoms with Gasteiger partial charge < -0.3 is 0 Å². The van der Waals surface area contributed by atoms with Crippen LogP contribution in [-0.2, 0) is 14.4 Å². The van der Waals surface area contributed by atoms with Gasteiger partial charge in [-0.25, -0.2) is 0 Å². The van der Waals surface area contributed by atoms with E-state index < -0.39 is 0 Å². The standard InChI is InChI=1S/C13H9ClO3/c14-11-7-9(4-5-12(11)16)13(17)8-2-1-3-10(15)6-8/h1-2,4,6-7H,3,5H2. The molecule has 3 nitrogen and oxygen atoms in total. The lowest BCUT2D eigenvalue weighted by Crippen LogP contribution is -2.12. The van der Waals surface area contributed by atoms with Gasteiger partial charge in [-0.3, -0.25) is 14.4 Å². The molecule has 0 aromatic carbocycles. The van der Waals surface area contributed by atoms with Crippen molar-refractivity contribution in [1.29, 1.82) is 0 Å². The Morgan fingerprint density at radius 1 is 1.12 bits per heavy atom. The number of hydrogen-bond donors (Lipinski definition) is 0. The first-order chi connectivity index (χ1) is 8.08. The Labute approximate surface area is 103 Å². The number of hydrogen-bond acceptors (Lipinski definition) is 3. The molecule has 2 rings (SSSR count). The number of halogens is 1. The molecule has 86 valence electrons. The zero-order valence-corrected chi connectivity index (χ0v) is 9.66. The van der Waals surface area contributed by atoms with Crippen molar-refractivity contribution in [3.63, 3.8) is 0 Å². The fourth-order valence-corrected chi connectivity index (χ4v) is 1.82. The molecule has 0 unspecified atom stereocenters. The molecule has 0 N–H and O–H groups in total. The minimum atomic E-state index is -0.278. The van der Waals surface area contributed by atoms with E-state index in [1.165, 1.54) is 18.2 Å². The highest BCUT2D eigenvalue weighted by Gasteiger charge is 2.20. The van der Waals surface area contributed by atoms with E-state index in [0.29, 0.717) is 17.6 Å². The van der Waals surface area contributed by atoms with Crippen molar-refractivity contribution in [2.45, 2.75) is 12.8 Å². The topological polar surface area (TPSA) is 51.2 Å². The summed E-state index contributed by atoms with van der Waals surface area (Å²) < 4.78 is 0. The van der Waals surface area contributed by atoms with Gasteiger partial charge in [-0.05, 0) is 12.2 Å². The van der Waals surface area contributed by atoms with E-state index >= 15 is 0 Å². The SMILES string of the molecule is O=C1C=C(C(=O)C2=CCC(=O)C(Cl)=C2)C=CC1. The van der Waals surface area contributed by atoms with Crippen LogP contribution in [0, 0.1) is 0 Å². The van der Waals surface area contributed by atoms with Gasteiger partial charge in [0.05, 0.1) is 5.03 Å². The summed E-state index contributed by atoms with van der Waals surface area (Å²) >= 11 is 5.69. The van der Waals surface area contributed by atoms with Crippen molar-refractivity contribution in [2.75, 3.05) is 0 Å². The van der Waals surface area contributed by atoms with E-state index in [1.807, 2.05) is 0 Å². The number of carbonyl (C=O) groups is 3. The second kappa shape index (κ2) is 4.63. The number of rotatable bonds is 2. The molecule has 0 aromatic rings. The smallest absolute Gasteiger partial charge is 0.192 e. The number of allylic oxidation sites excluding steroid dienone is 8. The van der Waals surface area contributed by atoms with Crippen molar-refractivity contribution in [3.05, 3.63) is 46.6 Å². The summed E-state index contributed by atoms with van der Waals surface area (Å²) in [5.41, 5.74) is 0.697. The van der Waals surface area contributed by atoms with Crippen molar-refractivity contribution < 1.29 is 14.4 Å². The molecule has 0 radical (unpaired) electrons. The Hall–Kier alpha value is -1.74. The summed E-state index contributed by atoms with van der Waals surface area (Å²) in [4.78, 5) is 34.3. The Kier molecular flexibility index (Phi) is 3.20. The molecule has 0 spiro atoms. The lowest BCUT2D eigenvalue weighted by atomic mass is 9.94. The highest BCUT2D eigenvalue weighted by molar-refractivity contribution is 6.43. The molecule has 0 saturated heterocycles. The summed E-state index contributed by atoms with van der Waals surface area (Å²) in [5, 5.41) is 0.0579. The highest BCUT2D eigenvalue weighted by atomic mass is 35.5. The maximum absolute atomic E-state index is 12.0. The molecule has 2 aliphatic rings. The lowest BCUT2D eigenvalue weighted by Gasteiger charge is -2.10. The van der Waals surface area contributed by atoms with Gasteiger partial charge in [-0.15, -0.1) is 0 Å². The summed E-state index contributed by atoms with van der Waals surface area (Å²) in [6.07, 6.45) is 7.92. The third kappa shape index (κ3) is 2.50. The van der Waals surface area contributed by atoms with E-state index in [-0.39, 0.29) is 28.8 Å². The van der Waals surface area contributed by atoms with Crippen LogP contribution in [0.25, 0.3) is 0 Å². The van der Waals surface area contributed by atoms with Crippen molar-refractivity contribution in [2.24, 2.45) is 0 Å². The molecular weight excluding hydrogens is 240 g/mol. The predicted octanol–water partition coefficient (Wildman–Crippen LogP) is 2.03. The van der Waals surface area contributed by atoms with Gasteiger partial charge in [0, 0.05) is 24.0 Å².